The lowest BCUT2D eigenvalue weighted by atomic mass is 10.2. The summed E-state index contributed by atoms with van der Waals surface area (Å²) >= 11 is 0. The second-order valence-electron chi connectivity index (χ2n) is 5.12. The summed E-state index contributed by atoms with van der Waals surface area (Å²) in [6, 6.07) is 15.3. The molecule has 0 radical (unpaired) electrons. The highest BCUT2D eigenvalue weighted by Gasteiger charge is 1.99. The molecule has 0 aliphatic rings. The molecule has 0 saturated carbocycles. The fourth-order valence-corrected chi connectivity index (χ4v) is 2.00. The van der Waals surface area contributed by atoms with Crippen LogP contribution in [-0.2, 0) is 0 Å². The molecule has 3 aromatic rings. The summed E-state index contributed by atoms with van der Waals surface area (Å²) in [5.41, 5.74) is 6.59. The minimum Gasteiger partial charge on any atom is -0.507 e. The molecular formula is C18H16N6O2. The van der Waals surface area contributed by atoms with Gasteiger partial charge in [-0.05, 0) is 24.3 Å². The van der Waals surface area contributed by atoms with Gasteiger partial charge in [-0.2, -0.15) is 15.2 Å². The average molecular weight is 348 g/mol. The molecule has 0 unspecified atom stereocenters. The van der Waals surface area contributed by atoms with Crippen LogP contribution in [0.1, 0.15) is 11.1 Å². The maximum atomic E-state index is 9.67. The molecule has 3 rings (SSSR count). The predicted molar refractivity (Wildman–Crippen MR) is 101 cm³/mol. The number of nitrogens with zero attached hydrogens (tertiary/aromatic N) is 4. The molecule has 8 heteroatoms. The van der Waals surface area contributed by atoms with E-state index in [0.29, 0.717) is 16.9 Å². The Balaban J connectivity index is 1.61. The largest absolute Gasteiger partial charge is 0.507 e. The molecule has 2 aromatic carbocycles. The van der Waals surface area contributed by atoms with E-state index in [0.717, 1.165) is 0 Å². The van der Waals surface area contributed by atoms with Gasteiger partial charge in [0.15, 0.2) is 5.82 Å². The van der Waals surface area contributed by atoms with Crippen LogP contribution >= 0.6 is 0 Å². The van der Waals surface area contributed by atoms with Gasteiger partial charge < -0.3 is 10.2 Å². The summed E-state index contributed by atoms with van der Waals surface area (Å²) in [5.74, 6) is 0.987. The zero-order valence-corrected chi connectivity index (χ0v) is 13.6. The fourth-order valence-electron chi connectivity index (χ4n) is 2.00. The van der Waals surface area contributed by atoms with E-state index in [-0.39, 0.29) is 17.4 Å². The van der Waals surface area contributed by atoms with Crippen molar-refractivity contribution in [1.29, 1.82) is 0 Å². The van der Waals surface area contributed by atoms with Crippen molar-refractivity contribution in [2.45, 2.75) is 0 Å². The molecule has 1 heterocycles. The molecule has 0 aliphatic carbocycles. The van der Waals surface area contributed by atoms with Crippen LogP contribution in [0.2, 0.25) is 0 Å². The second-order valence-corrected chi connectivity index (χ2v) is 5.12. The van der Waals surface area contributed by atoms with Crippen LogP contribution in [0.25, 0.3) is 0 Å². The van der Waals surface area contributed by atoms with Crippen LogP contribution in [-0.4, -0.2) is 32.6 Å². The van der Waals surface area contributed by atoms with Crippen LogP contribution in [0, 0.1) is 0 Å². The lowest BCUT2D eigenvalue weighted by Crippen LogP contribution is -2.00. The Kier molecular flexibility index (Phi) is 5.36. The number of aromatic nitrogens is 2. The zero-order chi connectivity index (χ0) is 18.2. The van der Waals surface area contributed by atoms with Gasteiger partial charge in [0.25, 0.3) is 0 Å². The smallest absolute Gasteiger partial charge is 0.245 e. The minimum atomic E-state index is 0.132. The average Bonchev–Trinajstić information content (AvgIpc) is 2.65. The van der Waals surface area contributed by atoms with Gasteiger partial charge >= 0.3 is 0 Å². The highest BCUT2D eigenvalue weighted by molar-refractivity contribution is 5.84. The van der Waals surface area contributed by atoms with Gasteiger partial charge in [-0.3, -0.25) is 5.43 Å². The third kappa shape index (κ3) is 4.54. The number of phenolic OH excluding ortho intramolecular Hbond substituents is 2. The van der Waals surface area contributed by atoms with Gasteiger partial charge in [-0.15, -0.1) is 0 Å². The van der Waals surface area contributed by atoms with Crippen molar-refractivity contribution in [3.05, 3.63) is 71.9 Å². The number of benzene rings is 2. The summed E-state index contributed by atoms with van der Waals surface area (Å²) in [6.07, 6.45) is 4.50. The van der Waals surface area contributed by atoms with Crippen molar-refractivity contribution < 1.29 is 10.2 Å². The predicted octanol–water partition coefficient (Wildman–Crippen LogP) is 2.78. The van der Waals surface area contributed by atoms with Crippen LogP contribution < -0.4 is 10.9 Å². The lowest BCUT2D eigenvalue weighted by Gasteiger charge is -2.02. The highest BCUT2D eigenvalue weighted by Crippen LogP contribution is 2.14. The van der Waals surface area contributed by atoms with E-state index >= 15 is 0 Å². The third-order valence-electron chi connectivity index (χ3n) is 3.28. The maximum absolute atomic E-state index is 9.67. The number of para-hydroxylation sites is 2. The van der Waals surface area contributed by atoms with Crippen molar-refractivity contribution >= 4 is 24.2 Å². The van der Waals surface area contributed by atoms with E-state index in [1.54, 1.807) is 60.8 Å². The minimum absolute atomic E-state index is 0.132. The summed E-state index contributed by atoms with van der Waals surface area (Å²) in [6.45, 7) is 0. The Morgan fingerprint density at radius 2 is 1.35 bits per heavy atom. The number of rotatable bonds is 6. The fraction of sp³-hybridized carbons (Fsp3) is 0. The van der Waals surface area contributed by atoms with Gasteiger partial charge in [0.1, 0.15) is 11.5 Å². The first kappa shape index (κ1) is 16.9. The molecule has 0 saturated heterocycles. The van der Waals surface area contributed by atoms with Crippen molar-refractivity contribution in [3.63, 3.8) is 0 Å². The zero-order valence-electron chi connectivity index (χ0n) is 13.6. The normalized spacial score (nSPS) is 11.1. The molecule has 0 spiro atoms. The summed E-state index contributed by atoms with van der Waals surface area (Å²) < 4.78 is 0. The van der Waals surface area contributed by atoms with E-state index in [9.17, 15) is 10.2 Å². The third-order valence-corrected chi connectivity index (χ3v) is 3.28. The molecule has 0 amide bonds. The molecule has 26 heavy (non-hydrogen) atoms. The molecule has 0 bridgehead atoms. The molecule has 0 atom stereocenters. The molecule has 130 valence electrons. The van der Waals surface area contributed by atoms with Gasteiger partial charge in [0, 0.05) is 23.4 Å². The lowest BCUT2D eigenvalue weighted by molar-refractivity contribution is 0.474. The molecule has 8 nitrogen and oxygen atoms in total. The van der Waals surface area contributed by atoms with Crippen molar-refractivity contribution in [3.8, 4) is 11.5 Å². The maximum Gasteiger partial charge on any atom is 0.245 e. The second kappa shape index (κ2) is 8.25. The summed E-state index contributed by atoms with van der Waals surface area (Å²) in [7, 11) is 0. The van der Waals surface area contributed by atoms with Crippen molar-refractivity contribution in [2.75, 3.05) is 10.9 Å². The van der Waals surface area contributed by atoms with Crippen molar-refractivity contribution in [1.82, 2.24) is 9.97 Å². The van der Waals surface area contributed by atoms with E-state index in [1.165, 1.54) is 12.4 Å². The number of aromatic hydroxyl groups is 2. The Morgan fingerprint density at radius 1 is 0.769 bits per heavy atom. The van der Waals surface area contributed by atoms with Crippen molar-refractivity contribution in [2.24, 2.45) is 10.2 Å². The van der Waals surface area contributed by atoms with Crippen LogP contribution in [0.4, 0.5) is 11.8 Å². The molecule has 1 aromatic heterocycles. The monoisotopic (exact) mass is 348 g/mol. The van der Waals surface area contributed by atoms with Gasteiger partial charge in [-0.25, -0.2) is 10.4 Å². The van der Waals surface area contributed by atoms with E-state index < -0.39 is 0 Å². The Hall–Kier alpha value is -3.94. The van der Waals surface area contributed by atoms with E-state index in [4.69, 9.17) is 0 Å². The SMILES string of the molecule is Oc1ccccc1/C=N/Nc1ccnc(N/N=C/c2ccccc2O)n1. The number of hydrazone groups is 2. The molecular weight excluding hydrogens is 332 g/mol. The molecule has 0 fully saturated rings. The van der Waals surface area contributed by atoms with Gasteiger partial charge in [0.05, 0.1) is 12.4 Å². The number of phenols is 2. The van der Waals surface area contributed by atoms with Gasteiger partial charge in [0.2, 0.25) is 5.95 Å². The van der Waals surface area contributed by atoms with Crippen LogP contribution in [0.3, 0.4) is 0 Å². The molecule has 4 N–H and O–H groups in total. The van der Waals surface area contributed by atoms with Crippen LogP contribution in [0.5, 0.6) is 11.5 Å². The first-order valence-electron chi connectivity index (χ1n) is 7.69. The Morgan fingerprint density at radius 3 is 1.96 bits per heavy atom. The number of nitrogens with one attached hydrogen (secondary N) is 2. The highest BCUT2D eigenvalue weighted by atomic mass is 16.3. The standard InChI is InChI=1S/C18H16N6O2/c25-15-7-3-1-5-13(15)11-20-23-17-9-10-19-18(22-17)24-21-12-14-6-2-4-8-16(14)26/h1-12,25-26H,(H2,19,22,23,24)/b20-11+,21-12+. The summed E-state index contributed by atoms with van der Waals surface area (Å²) in [5, 5.41) is 27.4. The van der Waals surface area contributed by atoms with Crippen LogP contribution in [0.15, 0.2) is 71.0 Å². The van der Waals surface area contributed by atoms with Gasteiger partial charge in [-0.1, -0.05) is 24.3 Å². The first-order valence-corrected chi connectivity index (χ1v) is 7.69. The van der Waals surface area contributed by atoms with E-state index in [1.807, 2.05) is 0 Å². The Bertz CT molecular complexity index is 869. The topological polar surface area (TPSA) is 115 Å². The quantitative estimate of drug-likeness (QED) is 0.402. The van der Waals surface area contributed by atoms with E-state index in [2.05, 4.69) is 31.0 Å². The number of hydrogen-bond donors (Lipinski definition) is 4. The first-order chi connectivity index (χ1) is 12.7. The number of hydrogen-bond acceptors (Lipinski definition) is 8. The number of anilines is 2. The Labute approximate surface area is 149 Å². The molecule has 0 aliphatic heterocycles. The summed E-state index contributed by atoms with van der Waals surface area (Å²) in [4.78, 5) is 8.24.